The van der Waals surface area contributed by atoms with Gasteiger partial charge in [0, 0.05) is 11.1 Å². The number of para-hydroxylation sites is 1. The fourth-order valence-electron chi connectivity index (χ4n) is 1.83. The highest BCUT2D eigenvalue weighted by molar-refractivity contribution is 6.02. The van der Waals surface area contributed by atoms with Gasteiger partial charge < -0.3 is 10.5 Å². The number of fused-ring (bicyclic) bond motifs is 1. The van der Waals surface area contributed by atoms with Gasteiger partial charge in [-0.1, -0.05) is 24.3 Å². The number of aromatic nitrogens is 1. The second-order valence-electron chi connectivity index (χ2n) is 4.56. The van der Waals surface area contributed by atoms with Crippen LogP contribution in [0, 0.1) is 11.3 Å². The fourth-order valence-corrected chi connectivity index (χ4v) is 1.83. The van der Waals surface area contributed by atoms with E-state index in [-0.39, 0.29) is 17.0 Å². The van der Waals surface area contributed by atoms with Crippen molar-refractivity contribution < 1.29 is 14.3 Å². The van der Waals surface area contributed by atoms with Crippen LogP contribution < -0.4 is 5.73 Å². The zero-order valence-electron chi connectivity index (χ0n) is 11.9. The molecule has 0 spiro atoms. The Morgan fingerprint density at radius 2 is 2.00 bits per heavy atom. The molecule has 1 aromatic carbocycles. The molecule has 0 amide bonds. The third kappa shape index (κ3) is 3.27. The summed E-state index contributed by atoms with van der Waals surface area (Å²) in [6, 6.07) is 12.3. The number of Topliss-reactive ketones (excluding diaryl/α,β-unsaturated/α-hetero) is 1. The minimum atomic E-state index is -0.730. The molecule has 0 aliphatic rings. The van der Waals surface area contributed by atoms with E-state index in [9.17, 15) is 9.59 Å². The van der Waals surface area contributed by atoms with Crippen LogP contribution >= 0.6 is 0 Å². The van der Waals surface area contributed by atoms with Crippen molar-refractivity contribution in [2.45, 2.75) is 6.92 Å². The Kier molecular flexibility index (Phi) is 4.49. The highest BCUT2D eigenvalue weighted by Gasteiger charge is 2.16. The first-order chi connectivity index (χ1) is 10.5. The number of ketones is 1. The van der Waals surface area contributed by atoms with Crippen molar-refractivity contribution in [3.8, 4) is 6.07 Å². The Bertz CT molecular complexity index is 815. The number of rotatable bonds is 4. The SMILES string of the molecule is C/C(N)=C(\C#N)C(=O)COC(=O)c1ccc2ccccc2n1. The van der Waals surface area contributed by atoms with Crippen molar-refractivity contribution in [3.05, 3.63) is 53.4 Å². The summed E-state index contributed by atoms with van der Waals surface area (Å²) < 4.78 is 4.88. The quantitative estimate of drug-likeness (QED) is 0.523. The number of ether oxygens (including phenoxy) is 1. The average molecular weight is 295 g/mol. The Hall–Kier alpha value is -3.20. The number of esters is 1. The fraction of sp³-hybridized carbons (Fsp3) is 0.125. The van der Waals surface area contributed by atoms with Crippen LogP contribution in [0.3, 0.4) is 0 Å². The molecule has 22 heavy (non-hydrogen) atoms. The summed E-state index contributed by atoms with van der Waals surface area (Å²) in [5.41, 5.74) is 6.04. The van der Waals surface area contributed by atoms with E-state index >= 15 is 0 Å². The number of nitrogens with zero attached hydrogens (tertiary/aromatic N) is 2. The molecule has 0 fully saturated rings. The van der Waals surface area contributed by atoms with E-state index < -0.39 is 18.4 Å². The lowest BCUT2D eigenvalue weighted by atomic mass is 10.1. The van der Waals surface area contributed by atoms with E-state index in [2.05, 4.69) is 4.98 Å². The second kappa shape index (κ2) is 6.50. The summed E-state index contributed by atoms with van der Waals surface area (Å²) in [5, 5.41) is 9.70. The topological polar surface area (TPSA) is 106 Å². The maximum Gasteiger partial charge on any atom is 0.357 e. The van der Waals surface area contributed by atoms with Crippen molar-refractivity contribution in [1.29, 1.82) is 5.26 Å². The van der Waals surface area contributed by atoms with Gasteiger partial charge in [-0.3, -0.25) is 4.79 Å². The van der Waals surface area contributed by atoms with Gasteiger partial charge in [0.05, 0.1) is 5.52 Å². The summed E-state index contributed by atoms with van der Waals surface area (Å²) in [4.78, 5) is 27.8. The molecule has 2 rings (SSSR count). The standard InChI is InChI=1S/C16H13N3O3/c1-10(18)12(8-17)15(20)9-22-16(21)14-7-6-11-4-2-3-5-13(11)19-14/h2-7H,9,18H2,1H3/b12-10-. The summed E-state index contributed by atoms with van der Waals surface area (Å²) in [6.45, 7) is 0.883. The van der Waals surface area contributed by atoms with E-state index in [4.69, 9.17) is 15.7 Å². The maximum atomic E-state index is 11.9. The minimum Gasteiger partial charge on any atom is -0.453 e. The summed E-state index contributed by atoms with van der Waals surface area (Å²) >= 11 is 0. The first-order valence-corrected chi connectivity index (χ1v) is 6.45. The van der Waals surface area contributed by atoms with Gasteiger partial charge in [0.15, 0.2) is 6.61 Å². The lowest BCUT2D eigenvalue weighted by Crippen LogP contribution is -2.18. The molecular formula is C16H13N3O3. The number of carbonyl (C=O) groups is 2. The first kappa shape index (κ1) is 15.2. The zero-order valence-corrected chi connectivity index (χ0v) is 11.9. The van der Waals surface area contributed by atoms with E-state index in [1.807, 2.05) is 18.2 Å². The van der Waals surface area contributed by atoms with E-state index in [1.165, 1.54) is 13.0 Å². The molecule has 0 saturated heterocycles. The first-order valence-electron chi connectivity index (χ1n) is 6.45. The molecule has 0 aliphatic heterocycles. The van der Waals surface area contributed by atoms with Crippen molar-refractivity contribution in [2.75, 3.05) is 6.61 Å². The van der Waals surface area contributed by atoms with Gasteiger partial charge in [-0.2, -0.15) is 5.26 Å². The molecule has 1 aromatic heterocycles. The molecule has 0 saturated carbocycles. The Labute approximate surface area is 126 Å². The van der Waals surface area contributed by atoms with Crippen LogP contribution in [0.5, 0.6) is 0 Å². The van der Waals surface area contributed by atoms with Crippen LogP contribution in [-0.4, -0.2) is 23.3 Å². The molecule has 6 heteroatoms. The van der Waals surface area contributed by atoms with Crippen molar-refractivity contribution in [3.63, 3.8) is 0 Å². The third-order valence-corrected chi connectivity index (χ3v) is 2.93. The normalized spacial score (nSPS) is 11.5. The Morgan fingerprint density at radius 3 is 2.68 bits per heavy atom. The number of benzene rings is 1. The number of allylic oxidation sites excluding steroid dienone is 1. The lowest BCUT2D eigenvalue weighted by Gasteiger charge is -2.05. The van der Waals surface area contributed by atoms with Gasteiger partial charge in [0.1, 0.15) is 17.3 Å². The van der Waals surface area contributed by atoms with Crippen LogP contribution in [0.25, 0.3) is 10.9 Å². The van der Waals surface area contributed by atoms with Gasteiger partial charge in [-0.15, -0.1) is 0 Å². The molecule has 0 aliphatic carbocycles. The summed E-state index contributed by atoms with van der Waals surface area (Å²) in [6.07, 6.45) is 0. The molecule has 0 bridgehead atoms. The highest BCUT2D eigenvalue weighted by Crippen LogP contribution is 2.12. The van der Waals surface area contributed by atoms with Crippen LogP contribution in [0.4, 0.5) is 0 Å². The highest BCUT2D eigenvalue weighted by atomic mass is 16.5. The van der Waals surface area contributed by atoms with Gasteiger partial charge in [0.25, 0.3) is 0 Å². The van der Waals surface area contributed by atoms with Crippen LogP contribution in [0.2, 0.25) is 0 Å². The maximum absolute atomic E-state index is 11.9. The third-order valence-electron chi connectivity index (χ3n) is 2.93. The molecule has 0 atom stereocenters. The van der Waals surface area contributed by atoms with Crippen LogP contribution in [0.1, 0.15) is 17.4 Å². The Morgan fingerprint density at radius 1 is 1.27 bits per heavy atom. The predicted molar refractivity (Wildman–Crippen MR) is 79.5 cm³/mol. The minimum absolute atomic E-state index is 0.0902. The van der Waals surface area contributed by atoms with Crippen molar-refractivity contribution >= 4 is 22.7 Å². The number of carbonyl (C=O) groups excluding carboxylic acids is 2. The second-order valence-corrected chi connectivity index (χ2v) is 4.56. The zero-order chi connectivity index (χ0) is 16.1. The summed E-state index contributed by atoms with van der Waals surface area (Å²) in [7, 11) is 0. The molecule has 1 heterocycles. The van der Waals surface area contributed by atoms with E-state index in [0.717, 1.165) is 5.39 Å². The molecule has 2 N–H and O–H groups in total. The largest absolute Gasteiger partial charge is 0.453 e. The smallest absolute Gasteiger partial charge is 0.357 e. The van der Waals surface area contributed by atoms with Crippen molar-refractivity contribution in [2.24, 2.45) is 5.73 Å². The number of hydrogen-bond donors (Lipinski definition) is 1. The molecule has 110 valence electrons. The van der Waals surface area contributed by atoms with E-state index in [0.29, 0.717) is 5.52 Å². The molecule has 2 aromatic rings. The molecule has 0 radical (unpaired) electrons. The molecular weight excluding hydrogens is 282 g/mol. The van der Waals surface area contributed by atoms with Gasteiger partial charge in [-0.25, -0.2) is 9.78 Å². The number of hydrogen-bond acceptors (Lipinski definition) is 6. The lowest BCUT2D eigenvalue weighted by molar-refractivity contribution is -0.118. The van der Waals surface area contributed by atoms with Gasteiger partial charge in [0.2, 0.25) is 5.78 Å². The summed E-state index contributed by atoms with van der Waals surface area (Å²) in [5.74, 6) is -1.37. The molecule has 0 unspecified atom stereocenters. The molecule has 6 nitrogen and oxygen atoms in total. The van der Waals surface area contributed by atoms with Gasteiger partial charge in [-0.05, 0) is 19.1 Å². The monoisotopic (exact) mass is 295 g/mol. The van der Waals surface area contributed by atoms with Crippen molar-refractivity contribution in [1.82, 2.24) is 4.98 Å². The average Bonchev–Trinajstić information content (AvgIpc) is 2.52. The van der Waals surface area contributed by atoms with Crippen LogP contribution in [0.15, 0.2) is 47.7 Å². The van der Waals surface area contributed by atoms with Crippen LogP contribution in [-0.2, 0) is 9.53 Å². The number of pyridine rings is 1. The van der Waals surface area contributed by atoms with Gasteiger partial charge >= 0.3 is 5.97 Å². The predicted octanol–water partition coefficient (Wildman–Crippen LogP) is 1.72. The number of nitrogens with two attached hydrogens (primary N) is 1. The Balaban J connectivity index is 2.10. The number of nitriles is 1. The van der Waals surface area contributed by atoms with E-state index in [1.54, 1.807) is 18.2 Å².